The van der Waals surface area contributed by atoms with E-state index in [1.54, 1.807) is 0 Å². The van der Waals surface area contributed by atoms with E-state index >= 15 is 8.78 Å². The Labute approximate surface area is 340 Å². The van der Waals surface area contributed by atoms with Crippen LogP contribution in [0.4, 0.5) is 49.7 Å². The second-order valence-electron chi connectivity index (χ2n) is 14.5. The van der Waals surface area contributed by atoms with Crippen LogP contribution in [-0.4, -0.2) is 57.5 Å². The van der Waals surface area contributed by atoms with Gasteiger partial charge in [0.05, 0.1) is 46.1 Å². The number of carbonyl (C=O) groups is 1. The lowest BCUT2D eigenvalue weighted by Gasteiger charge is -2.39. The van der Waals surface area contributed by atoms with Gasteiger partial charge in [0.1, 0.15) is 51.8 Å². The minimum atomic E-state index is -4.14. The largest absolute Gasteiger partial charge is 0.377 e. The monoisotopic (exact) mass is 889 g/mol. The Balaban J connectivity index is 1.39. The van der Waals surface area contributed by atoms with Gasteiger partial charge in [0.25, 0.3) is 24.2 Å². The Morgan fingerprint density at radius 3 is 2.25 bits per heavy atom. The molecule has 5 aromatic rings. The van der Waals surface area contributed by atoms with Crippen LogP contribution in [0.15, 0.2) is 42.5 Å². The molecule has 3 N–H and O–H groups in total. The summed E-state index contributed by atoms with van der Waals surface area (Å²) in [7, 11) is -0.117. The van der Waals surface area contributed by atoms with E-state index in [2.05, 4.69) is 37.1 Å². The first-order valence-electron chi connectivity index (χ1n) is 17.8. The topological polar surface area (TPSA) is 127 Å². The molecule has 2 aromatic carbocycles. The van der Waals surface area contributed by atoms with Gasteiger partial charge in [0, 0.05) is 43.3 Å². The number of fused-ring (bicyclic) bond motifs is 2. The third-order valence-corrected chi connectivity index (χ3v) is 10.7. The van der Waals surface area contributed by atoms with Gasteiger partial charge in [-0.3, -0.25) is 18.9 Å². The molecule has 60 heavy (non-hydrogen) atoms. The molecule has 0 bridgehead atoms. The molecule has 10 nitrogen and oxygen atoms in total. The number of pyridine rings is 1. The number of carbonyl (C=O) groups excluding carboxylic acids is 1. The zero-order chi connectivity index (χ0) is 43.7. The van der Waals surface area contributed by atoms with Crippen LogP contribution in [-0.2, 0) is 47.6 Å². The van der Waals surface area contributed by atoms with Crippen molar-refractivity contribution in [3.05, 3.63) is 93.0 Å². The summed E-state index contributed by atoms with van der Waals surface area (Å²) in [4.78, 5) is 18.5. The van der Waals surface area contributed by atoms with Crippen molar-refractivity contribution in [2.24, 2.45) is 7.05 Å². The number of aryl methyl sites for hydroxylation is 1. The highest BCUT2D eigenvalue weighted by molar-refractivity contribution is 7.85. The van der Waals surface area contributed by atoms with Crippen molar-refractivity contribution in [1.29, 1.82) is 0 Å². The van der Waals surface area contributed by atoms with Crippen molar-refractivity contribution in [3.63, 3.8) is 0 Å². The second kappa shape index (κ2) is 15.4. The first-order valence-corrected chi connectivity index (χ1v) is 19.7. The van der Waals surface area contributed by atoms with Crippen LogP contribution < -0.4 is 10.0 Å². The maximum absolute atomic E-state index is 15.2. The molecule has 1 amide bonds. The number of aliphatic hydroxyl groups is 1. The Hall–Kier alpha value is -5.20. The Bertz CT molecular complexity index is 2610. The van der Waals surface area contributed by atoms with Crippen molar-refractivity contribution in [2.75, 3.05) is 11.0 Å². The number of hydrogen-bond acceptors (Lipinski definition) is 6. The molecule has 0 spiro atoms. The average Bonchev–Trinajstić information content (AvgIpc) is 3.67. The molecular formula is C38H30ClF10N7O3S. The summed E-state index contributed by atoms with van der Waals surface area (Å²) in [5.41, 5.74) is -6.76. The van der Waals surface area contributed by atoms with Gasteiger partial charge in [-0.05, 0) is 48.2 Å². The molecule has 1 fully saturated rings. The Morgan fingerprint density at radius 2 is 1.62 bits per heavy atom. The summed E-state index contributed by atoms with van der Waals surface area (Å²) in [6, 6.07) is 6.52. The Morgan fingerprint density at radius 1 is 0.967 bits per heavy atom. The van der Waals surface area contributed by atoms with Crippen molar-refractivity contribution in [1.82, 2.24) is 29.9 Å². The van der Waals surface area contributed by atoms with Gasteiger partial charge in [-0.1, -0.05) is 23.6 Å². The summed E-state index contributed by atoms with van der Waals surface area (Å²) in [5, 5.41) is 21.1. The highest BCUT2D eigenvalue weighted by Gasteiger charge is 2.56. The molecule has 1 saturated carbocycles. The van der Waals surface area contributed by atoms with E-state index in [4.69, 9.17) is 11.6 Å². The number of halogens is 11. The molecule has 0 aliphatic heterocycles. The third kappa shape index (κ3) is 8.41. The lowest BCUT2D eigenvalue weighted by molar-refractivity contribution is -0.176. The number of alkyl halides is 8. The van der Waals surface area contributed by atoms with Crippen molar-refractivity contribution >= 4 is 45.2 Å². The number of rotatable bonds is 10. The quantitative estimate of drug-likeness (QED) is 0.0965. The minimum absolute atomic E-state index is 0.0635. The van der Waals surface area contributed by atoms with Crippen molar-refractivity contribution in [2.45, 2.75) is 74.5 Å². The number of nitrogens with zero attached hydrogens (tertiary/aromatic N) is 5. The molecule has 3 aromatic heterocycles. The number of benzene rings is 2. The highest BCUT2D eigenvalue weighted by Crippen LogP contribution is 2.52. The number of anilines is 1. The normalized spacial score (nSPS) is 18.2. The maximum Gasteiger partial charge on any atom is 0.290 e. The number of amides is 1. The fourth-order valence-electron chi connectivity index (χ4n) is 7.51. The van der Waals surface area contributed by atoms with Crippen LogP contribution in [0.2, 0.25) is 5.02 Å². The van der Waals surface area contributed by atoms with Crippen LogP contribution in [0.25, 0.3) is 22.0 Å². The standard InChI is InChI=1S/C38H30ClF10N7O3S/c1-55-31-23(5-6-24(39)27(31)34(53-55)54-60(2)59)22-4-3-21(7-8-35(58)16-36(44,45)17-35)50-29(22)25(13-18-11-19(40)14-20(41)12-18)51-26(57)15-56-32-28(30(52-56)33(42)43)37(46,47)9-10-38(32,48)49/h3-6,11-12,14,25,33,58H,9-10,13,15-17H2,1-2H3,(H,51,57)(H,53,54)/t25-,60?/m0/s1. The molecule has 7 rings (SSSR count). The van der Waals surface area contributed by atoms with Crippen LogP contribution in [0.1, 0.15) is 72.1 Å². The van der Waals surface area contributed by atoms with Crippen molar-refractivity contribution < 1.29 is 58.0 Å². The molecule has 2 aliphatic rings. The van der Waals surface area contributed by atoms with Crippen LogP contribution in [0, 0.1) is 23.5 Å². The predicted octanol–water partition coefficient (Wildman–Crippen LogP) is 8.00. The smallest absolute Gasteiger partial charge is 0.290 e. The second-order valence-corrected chi connectivity index (χ2v) is 16.1. The summed E-state index contributed by atoms with van der Waals surface area (Å²) in [6.45, 7) is -1.32. The SMILES string of the molecule is Cn1nc(NS(C)=O)c2c(Cl)ccc(-c3ccc(C#CC4(O)CC(F)(F)C4)nc3[C@H](Cc3cc(F)cc(F)c3)NC(=O)Cn3nc(C(F)F)c4c3C(F)(F)CCC4(F)F)c21. The molecule has 1 unspecified atom stereocenters. The molecule has 318 valence electrons. The van der Waals surface area contributed by atoms with Gasteiger partial charge in [-0.25, -0.2) is 44.3 Å². The maximum atomic E-state index is 15.2. The zero-order valence-corrected chi connectivity index (χ0v) is 32.6. The van der Waals surface area contributed by atoms with Gasteiger partial charge >= 0.3 is 0 Å². The Kier molecular flexibility index (Phi) is 11.0. The van der Waals surface area contributed by atoms with Gasteiger partial charge < -0.3 is 10.4 Å². The van der Waals surface area contributed by atoms with E-state index < -0.39 is 120 Å². The van der Waals surface area contributed by atoms with E-state index in [-0.39, 0.29) is 54.5 Å². The fraction of sp³-hybridized carbons (Fsp3) is 0.368. The number of nitrogens with one attached hydrogen (secondary N) is 2. The molecule has 0 saturated heterocycles. The molecule has 0 radical (unpaired) electrons. The molecule has 2 atom stereocenters. The van der Waals surface area contributed by atoms with Crippen LogP contribution in [0.3, 0.4) is 0 Å². The van der Waals surface area contributed by atoms with E-state index in [9.17, 15) is 49.2 Å². The number of aromatic nitrogens is 5. The fourth-order valence-corrected chi connectivity index (χ4v) is 8.16. The lowest BCUT2D eigenvalue weighted by atomic mass is 9.77. The predicted molar refractivity (Wildman–Crippen MR) is 198 cm³/mol. The highest BCUT2D eigenvalue weighted by atomic mass is 35.5. The van der Waals surface area contributed by atoms with Gasteiger partial charge in [-0.15, -0.1) is 0 Å². The lowest BCUT2D eigenvalue weighted by Crippen LogP contribution is -2.50. The van der Waals surface area contributed by atoms with E-state index in [1.165, 1.54) is 42.3 Å². The van der Waals surface area contributed by atoms with Gasteiger partial charge in [0.2, 0.25) is 5.91 Å². The average molecular weight is 890 g/mol. The molecule has 22 heteroatoms. The molecule has 2 aliphatic carbocycles. The van der Waals surface area contributed by atoms with Crippen molar-refractivity contribution in [3.8, 4) is 23.0 Å². The summed E-state index contributed by atoms with van der Waals surface area (Å²) in [6.07, 6.45) is -7.77. The molecular weight excluding hydrogens is 860 g/mol. The van der Waals surface area contributed by atoms with Crippen LogP contribution >= 0.6 is 11.6 Å². The van der Waals surface area contributed by atoms with Crippen LogP contribution in [0.5, 0.6) is 0 Å². The van der Waals surface area contributed by atoms with Gasteiger partial charge in [-0.2, -0.15) is 19.0 Å². The van der Waals surface area contributed by atoms with E-state index in [1.807, 2.05) is 0 Å². The third-order valence-electron chi connectivity index (χ3n) is 9.89. The van der Waals surface area contributed by atoms with E-state index in [0.717, 1.165) is 12.1 Å². The summed E-state index contributed by atoms with van der Waals surface area (Å²) < 4.78 is 161. The minimum Gasteiger partial charge on any atom is -0.377 e. The van der Waals surface area contributed by atoms with Gasteiger partial charge in [0.15, 0.2) is 5.82 Å². The summed E-state index contributed by atoms with van der Waals surface area (Å²) in [5.74, 6) is -9.80. The van der Waals surface area contributed by atoms with E-state index in [0.29, 0.717) is 6.07 Å². The first-order chi connectivity index (χ1) is 28.0. The zero-order valence-electron chi connectivity index (χ0n) is 31.0. The molecule has 3 heterocycles. The summed E-state index contributed by atoms with van der Waals surface area (Å²) >= 11 is 6.57. The first kappa shape index (κ1) is 42.9. The number of hydrogen-bond donors (Lipinski definition) is 3.